The van der Waals surface area contributed by atoms with Crippen LogP contribution in [0.5, 0.6) is 11.5 Å². The number of methoxy groups -OCH3 is 1. The average molecular weight is 387 g/mol. The van der Waals surface area contributed by atoms with Crippen LogP contribution in [0.2, 0.25) is 0 Å². The van der Waals surface area contributed by atoms with Gasteiger partial charge >= 0.3 is 5.97 Å². The van der Waals surface area contributed by atoms with Crippen molar-refractivity contribution in [1.82, 2.24) is 0 Å². The van der Waals surface area contributed by atoms with Crippen LogP contribution >= 0.6 is 0 Å². The molecule has 2 aromatic rings. The van der Waals surface area contributed by atoms with E-state index in [1.807, 2.05) is 6.92 Å². The molecule has 0 radical (unpaired) electrons. The lowest BCUT2D eigenvalue weighted by atomic mass is 10.2. The maximum atomic E-state index is 13.1. The smallest absolute Gasteiger partial charge is 0.331 e. The fourth-order valence-electron chi connectivity index (χ4n) is 2.30. The van der Waals surface area contributed by atoms with E-state index < -0.39 is 23.8 Å². The number of benzene rings is 2. The maximum Gasteiger partial charge on any atom is 0.331 e. The predicted molar refractivity (Wildman–Crippen MR) is 104 cm³/mol. The average Bonchev–Trinajstić information content (AvgIpc) is 2.67. The van der Waals surface area contributed by atoms with E-state index >= 15 is 0 Å². The van der Waals surface area contributed by atoms with Gasteiger partial charge in [0.25, 0.3) is 5.91 Å². The van der Waals surface area contributed by atoms with Crippen LogP contribution in [0.1, 0.15) is 19.4 Å². The van der Waals surface area contributed by atoms with Crippen molar-refractivity contribution in [2.24, 2.45) is 0 Å². The van der Waals surface area contributed by atoms with Gasteiger partial charge in [0.15, 0.2) is 17.6 Å². The third kappa shape index (κ3) is 6.12. The van der Waals surface area contributed by atoms with Crippen molar-refractivity contribution in [2.45, 2.75) is 20.0 Å². The summed E-state index contributed by atoms with van der Waals surface area (Å²) < 4.78 is 28.9. The molecule has 0 bridgehead atoms. The van der Waals surface area contributed by atoms with Crippen LogP contribution < -0.4 is 14.8 Å². The largest absolute Gasteiger partial charge is 0.493 e. The van der Waals surface area contributed by atoms with Crippen LogP contribution in [0.25, 0.3) is 6.08 Å². The summed E-state index contributed by atoms with van der Waals surface area (Å²) in [7, 11) is 1.53. The van der Waals surface area contributed by atoms with Crippen molar-refractivity contribution >= 4 is 23.6 Å². The summed E-state index contributed by atoms with van der Waals surface area (Å²) in [5.41, 5.74) is 0.985. The third-order valence-electron chi connectivity index (χ3n) is 3.65. The summed E-state index contributed by atoms with van der Waals surface area (Å²) in [4.78, 5) is 24.0. The van der Waals surface area contributed by atoms with E-state index in [1.165, 1.54) is 50.5 Å². The number of nitrogens with one attached hydrogen (secondary N) is 1. The molecule has 148 valence electrons. The molecule has 0 aliphatic carbocycles. The lowest BCUT2D eigenvalue weighted by Crippen LogP contribution is -2.29. The van der Waals surface area contributed by atoms with Gasteiger partial charge in [-0.15, -0.1) is 0 Å². The van der Waals surface area contributed by atoms with E-state index in [9.17, 15) is 14.0 Å². The molecule has 0 aliphatic rings. The zero-order valence-corrected chi connectivity index (χ0v) is 15.9. The van der Waals surface area contributed by atoms with E-state index in [4.69, 9.17) is 14.2 Å². The van der Waals surface area contributed by atoms with E-state index in [0.717, 1.165) is 0 Å². The molecule has 0 aliphatic heterocycles. The number of carbonyl (C=O) groups excluding carboxylic acids is 2. The number of rotatable bonds is 8. The molecule has 0 spiro atoms. The van der Waals surface area contributed by atoms with Gasteiger partial charge in [-0.2, -0.15) is 0 Å². The van der Waals surface area contributed by atoms with E-state index in [1.54, 1.807) is 18.2 Å². The van der Waals surface area contributed by atoms with Crippen LogP contribution in [-0.2, 0) is 14.3 Å². The van der Waals surface area contributed by atoms with Crippen molar-refractivity contribution in [3.63, 3.8) is 0 Å². The Morgan fingerprint density at radius 2 is 1.96 bits per heavy atom. The SMILES string of the molecule is CCOc1ccc(/C=C/C(=O)O[C@@H](C)C(=O)Nc2cccc(F)c2)cc1OC. The molecular weight excluding hydrogens is 365 g/mol. The monoisotopic (exact) mass is 387 g/mol. The summed E-state index contributed by atoms with van der Waals surface area (Å²) in [5.74, 6) is -0.575. The van der Waals surface area contributed by atoms with Gasteiger partial charge in [-0.25, -0.2) is 9.18 Å². The van der Waals surface area contributed by atoms with Crippen LogP contribution in [0, 0.1) is 5.82 Å². The Kier molecular flexibility index (Phi) is 7.56. The number of halogens is 1. The molecule has 1 atom stereocenters. The molecule has 0 heterocycles. The number of amides is 1. The second-order valence-electron chi connectivity index (χ2n) is 5.76. The van der Waals surface area contributed by atoms with Crippen LogP contribution in [0.15, 0.2) is 48.5 Å². The molecule has 7 heteroatoms. The Hall–Kier alpha value is -3.35. The van der Waals surface area contributed by atoms with Crippen molar-refractivity contribution < 1.29 is 28.2 Å². The zero-order chi connectivity index (χ0) is 20.5. The topological polar surface area (TPSA) is 73.9 Å². The summed E-state index contributed by atoms with van der Waals surface area (Å²) in [6, 6.07) is 10.7. The van der Waals surface area contributed by atoms with Crippen LogP contribution in [0.3, 0.4) is 0 Å². The van der Waals surface area contributed by atoms with Crippen molar-refractivity contribution in [1.29, 1.82) is 0 Å². The molecule has 0 unspecified atom stereocenters. The normalized spacial score (nSPS) is 11.7. The highest BCUT2D eigenvalue weighted by molar-refractivity contribution is 5.96. The Balaban J connectivity index is 1.94. The van der Waals surface area contributed by atoms with Gasteiger partial charge in [0.05, 0.1) is 13.7 Å². The summed E-state index contributed by atoms with van der Waals surface area (Å²) in [6.07, 6.45) is 1.70. The van der Waals surface area contributed by atoms with Gasteiger partial charge in [0, 0.05) is 11.8 Å². The lowest BCUT2D eigenvalue weighted by molar-refractivity contribution is -0.148. The molecule has 0 aromatic heterocycles. The first-order chi connectivity index (χ1) is 13.4. The third-order valence-corrected chi connectivity index (χ3v) is 3.65. The molecule has 1 amide bonds. The van der Waals surface area contributed by atoms with Gasteiger partial charge in [-0.1, -0.05) is 12.1 Å². The molecule has 6 nitrogen and oxygen atoms in total. The Morgan fingerprint density at radius 1 is 1.18 bits per heavy atom. The first-order valence-corrected chi connectivity index (χ1v) is 8.69. The number of anilines is 1. The van der Waals surface area contributed by atoms with E-state index in [2.05, 4.69) is 5.32 Å². The van der Waals surface area contributed by atoms with Crippen LogP contribution in [-0.4, -0.2) is 31.7 Å². The van der Waals surface area contributed by atoms with Crippen LogP contribution in [0.4, 0.5) is 10.1 Å². The van der Waals surface area contributed by atoms with E-state index in [0.29, 0.717) is 23.7 Å². The molecular formula is C21H22FNO5. The molecule has 1 N–H and O–H groups in total. The van der Waals surface area contributed by atoms with Gasteiger partial charge in [0.2, 0.25) is 0 Å². The number of hydrogen-bond donors (Lipinski definition) is 1. The maximum absolute atomic E-state index is 13.1. The molecule has 2 aromatic carbocycles. The number of carbonyl (C=O) groups is 2. The Labute approximate surface area is 162 Å². The number of esters is 1. The summed E-state index contributed by atoms with van der Waals surface area (Å²) in [5, 5.41) is 2.48. The molecule has 0 saturated heterocycles. The van der Waals surface area contributed by atoms with Gasteiger partial charge in [0.1, 0.15) is 5.82 Å². The quantitative estimate of drug-likeness (QED) is 0.551. The fourth-order valence-corrected chi connectivity index (χ4v) is 2.30. The summed E-state index contributed by atoms with van der Waals surface area (Å²) >= 11 is 0. The number of hydrogen-bond acceptors (Lipinski definition) is 5. The summed E-state index contributed by atoms with van der Waals surface area (Å²) in [6.45, 7) is 3.81. The highest BCUT2D eigenvalue weighted by Gasteiger charge is 2.17. The van der Waals surface area contributed by atoms with Crippen molar-refractivity contribution in [3.8, 4) is 11.5 Å². The molecule has 28 heavy (non-hydrogen) atoms. The fraction of sp³-hybridized carbons (Fsp3) is 0.238. The first-order valence-electron chi connectivity index (χ1n) is 8.69. The van der Waals surface area contributed by atoms with Crippen molar-refractivity contribution in [2.75, 3.05) is 19.0 Å². The highest BCUT2D eigenvalue weighted by Crippen LogP contribution is 2.28. The predicted octanol–water partition coefficient (Wildman–Crippen LogP) is 3.82. The van der Waals surface area contributed by atoms with Gasteiger partial charge < -0.3 is 19.5 Å². The minimum Gasteiger partial charge on any atom is -0.493 e. The lowest BCUT2D eigenvalue weighted by Gasteiger charge is -2.12. The zero-order valence-electron chi connectivity index (χ0n) is 15.9. The Morgan fingerprint density at radius 3 is 2.64 bits per heavy atom. The Bertz CT molecular complexity index is 866. The van der Waals surface area contributed by atoms with Gasteiger partial charge in [-0.3, -0.25) is 4.79 Å². The minimum absolute atomic E-state index is 0.282. The van der Waals surface area contributed by atoms with E-state index in [-0.39, 0.29) is 5.69 Å². The highest BCUT2D eigenvalue weighted by atomic mass is 19.1. The second kappa shape index (κ2) is 10.1. The molecule has 0 fully saturated rings. The second-order valence-corrected chi connectivity index (χ2v) is 5.76. The van der Waals surface area contributed by atoms with Gasteiger partial charge in [-0.05, 0) is 55.8 Å². The first kappa shape index (κ1) is 21.0. The standard InChI is InChI=1S/C21H22FNO5/c1-4-27-18-10-8-15(12-19(18)26-3)9-11-20(24)28-14(2)21(25)23-17-7-5-6-16(22)13-17/h5-14H,4H2,1-3H3,(H,23,25)/b11-9+/t14-/m0/s1. The molecule has 0 saturated carbocycles. The van der Waals surface area contributed by atoms with Crippen molar-refractivity contribution in [3.05, 3.63) is 59.9 Å². The minimum atomic E-state index is -1.05. The molecule has 2 rings (SSSR count). The number of ether oxygens (including phenoxy) is 3.